The molecule has 0 aliphatic carbocycles. The molecule has 1 atom stereocenters. The molecule has 8 heteroatoms. The number of hydrogen-bond donors (Lipinski definition) is 0. The lowest BCUT2D eigenvalue weighted by molar-refractivity contribution is 0.0870. The van der Waals surface area contributed by atoms with E-state index < -0.39 is 24.6 Å². The van der Waals surface area contributed by atoms with E-state index in [0.29, 0.717) is 13.0 Å². The number of ether oxygens (including phenoxy) is 1. The molecule has 0 radical (unpaired) electrons. The molecule has 2 rings (SSSR count). The molecule has 2 heterocycles. The molecule has 0 amide bonds. The molecular weight excluding hydrogens is 266 g/mol. The molecule has 17 heavy (non-hydrogen) atoms. The summed E-state index contributed by atoms with van der Waals surface area (Å²) in [6.07, 6.45) is 1.67. The zero-order valence-corrected chi connectivity index (χ0v) is 11.6. The van der Waals surface area contributed by atoms with Gasteiger partial charge >= 0.3 is 0 Å². The highest BCUT2D eigenvalue weighted by Crippen LogP contribution is 2.45. The Bertz CT molecular complexity index is 504. The van der Waals surface area contributed by atoms with Crippen LogP contribution >= 0.6 is 0 Å². The van der Waals surface area contributed by atoms with Crippen LogP contribution in [-0.2, 0) is 24.6 Å². The summed E-state index contributed by atoms with van der Waals surface area (Å²) in [6.45, 7) is 0.543. The van der Waals surface area contributed by atoms with Crippen molar-refractivity contribution >= 4 is 19.9 Å². The van der Waals surface area contributed by atoms with E-state index in [4.69, 9.17) is 4.74 Å². The fourth-order valence-corrected chi connectivity index (χ4v) is 6.19. The van der Waals surface area contributed by atoms with E-state index >= 15 is 0 Å². The predicted octanol–water partition coefficient (Wildman–Crippen LogP) is -0.918. The second kappa shape index (κ2) is 3.91. The third-order valence-electron chi connectivity index (χ3n) is 3.82. The minimum Gasteiger partial charge on any atom is -0.384 e. The highest BCUT2D eigenvalue weighted by molar-refractivity contribution is 7.93. The largest absolute Gasteiger partial charge is 0.384 e. The maximum Gasteiger partial charge on any atom is 0.211 e. The topological polar surface area (TPSA) is 80.8 Å². The van der Waals surface area contributed by atoms with E-state index in [-0.39, 0.29) is 24.8 Å². The van der Waals surface area contributed by atoms with Crippen molar-refractivity contribution in [1.29, 1.82) is 0 Å². The number of sulfonamides is 1. The van der Waals surface area contributed by atoms with Crippen LogP contribution in [0.1, 0.15) is 6.42 Å². The van der Waals surface area contributed by atoms with E-state index in [0.717, 1.165) is 6.26 Å². The van der Waals surface area contributed by atoms with Crippen LogP contribution in [0.15, 0.2) is 0 Å². The summed E-state index contributed by atoms with van der Waals surface area (Å²) < 4.78 is 52.1. The summed E-state index contributed by atoms with van der Waals surface area (Å²) in [6, 6.07) is 0. The first-order valence-corrected chi connectivity index (χ1v) is 8.89. The Hall–Kier alpha value is -0.180. The molecule has 0 saturated carbocycles. The van der Waals surface area contributed by atoms with Gasteiger partial charge in [0, 0.05) is 26.1 Å². The Labute approximate surface area is 102 Å². The van der Waals surface area contributed by atoms with E-state index in [2.05, 4.69) is 0 Å². The molecule has 0 aromatic carbocycles. The summed E-state index contributed by atoms with van der Waals surface area (Å²) in [5, 5.41) is 0. The highest BCUT2D eigenvalue weighted by Gasteiger charge is 2.63. The maximum absolute atomic E-state index is 12.0. The summed E-state index contributed by atoms with van der Waals surface area (Å²) >= 11 is 0. The van der Waals surface area contributed by atoms with E-state index in [1.807, 2.05) is 0 Å². The Kier molecular flexibility index (Phi) is 3.05. The van der Waals surface area contributed by atoms with E-state index in [1.54, 1.807) is 0 Å². The molecular formula is C9H17NO5S2. The second-order valence-corrected chi connectivity index (χ2v) is 9.29. The van der Waals surface area contributed by atoms with Gasteiger partial charge in [0.05, 0.1) is 18.6 Å². The lowest BCUT2D eigenvalue weighted by Gasteiger charge is -2.48. The van der Waals surface area contributed by atoms with Crippen LogP contribution in [0.5, 0.6) is 0 Å². The molecule has 0 unspecified atom stereocenters. The SMILES string of the molecule is COC[C@H]1CCS(=O)(=O)C12CN(S(C)(=O)=O)C2. The van der Waals surface area contributed by atoms with Crippen molar-refractivity contribution in [2.24, 2.45) is 5.92 Å². The van der Waals surface area contributed by atoms with Crippen LogP contribution in [0.4, 0.5) is 0 Å². The van der Waals surface area contributed by atoms with Crippen LogP contribution in [0.25, 0.3) is 0 Å². The van der Waals surface area contributed by atoms with Crippen molar-refractivity contribution < 1.29 is 21.6 Å². The smallest absolute Gasteiger partial charge is 0.211 e. The van der Waals surface area contributed by atoms with Crippen molar-refractivity contribution in [3.63, 3.8) is 0 Å². The van der Waals surface area contributed by atoms with Crippen molar-refractivity contribution in [3.05, 3.63) is 0 Å². The predicted molar refractivity (Wildman–Crippen MR) is 62.9 cm³/mol. The highest BCUT2D eigenvalue weighted by atomic mass is 32.2. The molecule has 6 nitrogen and oxygen atoms in total. The lowest BCUT2D eigenvalue weighted by atomic mass is 9.85. The number of nitrogens with zero attached hydrogens (tertiary/aromatic N) is 1. The van der Waals surface area contributed by atoms with Crippen LogP contribution in [0, 0.1) is 5.92 Å². The van der Waals surface area contributed by atoms with Crippen molar-refractivity contribution in [1.82, 2.24) is 4.31 Å². The Morgan fingerprint density at radius 3 is 2.47 bits per heavy atom. The Balaban J connectivity index is 2.24. The fraction of sp³-hybridized carbons (Fsp3) is 1.00. The third-order valence-corrected chi connectivity index (χ3v) is 7.62. The van der Waals surface area contributed by atoms with Crippen molar-refractivity contribution in [3.8, 4) is 0 Å². The van der Waals surface area contributed by atoms with Crippen molar-refractivity contribution in [2.75, 3.05) is 38.8 Å². The Morgan fingerprint density at radius 2 is 2.00 bits per heavy atom. The summed E-state index contributed by atoms with van der Waals surface area (Å²) in [7, 11) is -4.96. The number of methoxy groups -OCH3 is 1. The van der Waals surface area contributed by atoms with Gasteiger partial charge in [-0.25, -0.2) is 16.8 Å². The molecule has 2 fully saturated rings. The van der Waals surface area contributed by atoms with Gasteiger partial charge < -0.3 is 4.74 Å². The summed E-state index contributed by atoms with van der Waals surface area (Å²) in [5.41, 5.74) is 0. The van der Waals surface area contributed by atoms with Crippen molar-refractivity contribution in [2.45, 2.75) is 11.2 Å². The first kappa shape index (κ1) is 13.3. The van der Waals surface area contributed by atoms with Gasteiger partial charge in [0.2, 0.25) is 10.0 Å². The van der Waals surface area contributed by atoms with Crippen LogP contribution in [0.3, 0.4) is 0 Å². The lowest BCUT2D eigenvalue weighted by Crippen LogP contribution is -2.68. The average molecular weight is 283 g/mol. The van der Waals surface area contributed by atoms with Gasteiger partial charge in [-0.2, -0.15) is 4.31 Å². The maximum atomic E-state index is 12.0. The van der Waals surface area contributed by atoms with Crippen LogP contribution in [0.2, 0.25) is 0 Å². The first-order valence-electron chi connectivity index (χ1n) is 5.39. The molecule has 100 valence electrons. The fourth-order valence-electron chi connectivity index (χ4n) is 2.69. The monoisotopic (exact) mass is 283 g/mol. The summed E-state index contributed by atoms with van der Waals surface area (Å²) in [4.78, 5) is 0. The van der Waals surface area contributed by atoms with Crippen LogP contribution in [-0.4, -0.2) is 64.7 Å². The standard InChI is InChI=1S/C9H17NO5S2/c1-15-5-8-3-4-17(13,14)9(8)6-10(7-9)16(2,11)12/h8H,3-7H2,1-2H3/t8-/m1/s1. The molecule has 0 N–H and O–H groups in total. The molecule has 0 bridgehead atoms. The van der Waals surface area contributed by atoms with E-state index in [1.165, 1.54) is 11.4 Å². The normalized spacial score (nSPS) is 31.5. The second-order valence-electron chi connectivity index (χ2n) is 4.86. The Morgan fingerprint density at radius 1 is 1.41 bits per heavy atom. The van der Waals surface area contributed by atoms with Gasteiger partial charge in [-0.3, -0.25) is 0 Å². The van der Waals surface area contributed by atoms with Gasteiger partial charge in [-0.1, -0.05) is 0 Å². The third kappa shape index (κ3) is 1.91. The van der Waals surface area contributed by atoms with Gasteiger partial charge in [-0.15, -0.1) is 0 Å². The minimum absolute atomic E-state index is 0.0855. The van der Waals surface area contributed by atoms with Gasteiger partial charge in [-0.05, 0) is 6.42 Å². The van der Waals surface area contributed by atoms with Gasteiger partial charge in [0.15, 0.2) is 9.84 Å². The molecule has 1 spiro atoms. The zero-order chi connectivity index (χ0) is 12.9. The molecule has 2 aliphatic rings. The first-order chi connectivity index (χ1) is 7.73. The molecule has 2 aliphatic heterocycles. The molecule has 0 aromatic rings. The van der Waals surface area contributed by atoms with E-state index in [9.17, 15) is 16.8 Å². The minimum atomic E-state index is -3.29. The molecule has 0 aromatic heterocycles. The number of rotatable bonds is 3. The van der Waals surface area contributed by atoms with Crippen LogP contribution < -0.4 is 0 Å². The average Bonchev–Trinajstić information content (AvgIpc) is 2.34. The number of hydrogen-bond acceptors (Lipinski definition) is 5. The van der Waals surface area contributed by atoms with Gasteiger partial charge in [0.25, 0.3) is 0 Å². The molecule has 2 saturated heterocycles. The quantitative estimate of drug-likeness (QED) is 0.669. The summed E-state index contributed by atoms with van der Waals surface area (Å²) in [5.74, 6) is 0.0500. The van der Waals surface area contributed by atoms with Gasteiger partial charge in [0.1, 0.15) is 4.75 Å². The number of sulfone groups is 1. The zero-order valence-electron chi connectivity index (χ0n) is 9.92.